The Hall–Kier alpha value is -0.980. The van der Waals surface area contributed by atoms with E-state index in [0.29, 0.717) is 4.88 Å². The lowest BCUT2D eigenvalue weighted by atomic mass is 10.2. The zero-order valence-corrected chi connectivity index (χ0v) is 11.9. The molecule has 0 radical (unpaired) electrons. The minimum atomic E-state index is -0.302. The third-order valence-electron chi connectivity index (χ3n) is 3.26. The molecule has 1 aliphatic heterocycles. The molecule has 1 fully saturated rings. The van der Waals surface area contributed by atoms with E-state index < -0.39 is 0 Å². The van der Waals surface area contributed by atoms with E-state index >= 15 is 0 Å². The number of nitrogens with zero attached hydrogens (tertiary/aromatic N) is 3. The molecule has 2 rings (SSSR count). The number of methoxy groups -OCH3 is 1. The van der Waals surface area contributed by atoms with Crippen molar-refractivity contribution in [3.63, 3.8) is 0 Å². The van der Waals surface area contributed by atoms with Crippen molar-refractivity contribution >= 4 is 17.3 Å². The summed E-state index contributed by atoms with van der Waals surface area (Å²) in [5.41, 5.74) is 0. The molecule has 5 nitrogen and oxygen atoms in total. The van der Waals surface area contributed by atoms with Crippen LogP contribution in [0.25, 0.3) is 0 Å². The molecule has 2 heterocycles. The standard InChI is InChI=1S/C12H19N3O2S/c1-14-5-4-6-15(2)9(8-14)11-13-7-10(18-11)12(16)17-3/h7,9H,4-6,8H2,1-3H3. The Bertz CT molecular complexity index is 421. The predicted octanol–water partition coefficient (Wildman–Crippen LogP) is 1.24. The summed E-state index contributed by atoms with van der Waals surface area (Å²) in [6, 6.07) is 0.265. The van der Waals surface area contributed by atoms with Crippen molar-refractivity contribution in [2.24, 2.45) is 0 Å². The van der Waals surface area contributed by atoms with Gasteiger partial charge < -0.3 is 9.64 Å². The maximum absolute atomic E-state index is 11.4. The fourth-order valence-electron chi connectivity index (χ4n) is 2.18. The number of aromatic nitrogens is 1. The number of likely N-dealkylation sites (N-methyl/N-ethyl adjacent to an activating group) is 2. The molecule has 1 unspecified atom stereocenters. The van der Waals surface area contributed by atoms with E-state index in [9.17, 15) is 4.79 Å². The van der Waals surface area contributed by atoms with E-state index in [1.54, 1.807) is 6.20 Å². The van der Waals surface area contributed by atoms with Crippen LogP contribution in [0.4, 0.5) is 0 Å². The molecule has 0 amide bonds. The average molecular weight is 269 g/mol. The minimum Gasteiger partial charge on any atom is -0.465 e. The highest BCUT2D eigenvalue weighted by atomic mass is 32.1. The highest BCUT2D eigenvalue weighted by molar-refractivity contribution is 7.13. The second-order valence-corrected chi connectivity index (χ2v) is 5.73. The van der Waals surface area contributed by atoms with Crippen LogP contribution in [-0.2, 0) is 4.74 Å². The summed E-state index contributed by atoms with van der Waals surface area (Å²) >= 11 is 1.43. The van der Waals surface area contributed by atoms with E-state index in [4.69, 9.17) is 4.74 Å². The molecule has 0 spiro atoms. The largest absolute Gasteiger partial charge is 0.465 e. The summed E-state index contributed by atoms with van der Waals surface area (Å²) in [5.74, 6) is -0.302. The number of thiazole rings is 1. The molecule has 1 aromatic rings. The Morgan fingerprint density at radius 1 is 1.50 bits per heavy atom. The van der Waals surface area contributed by atoms with Crippen LogP contribution in [0.2, 0.25) is 0 Å². The lowest BCUT2D eigenvalue weighted by Gasteiger charge is -2.25. The van der Waals surface area contributed by atoms with Gasteiger partial charge in [-0.1, -0.05) is 0 Å². The van der Waals surface area contributed by atoms with Crippen LogP contribution in [0.15, 0.2) is 6.20 Å². The van der Waals surface area contributed by atoms with E-state index in [1.807, 2.05) is 0 Å². The number of esters is 1. The van der Waals surface area contributed by atoms with Crippen molar-refractivity contribution in [3.05, 3.63) is 16.1 Å². The quantitative estimate of drug-likeness (QED) is 0.756. The van der Waals surface area contributed by atoms with E-state index in [-0.39, 0.29) is 12.0 Å². The highest BCUT2D eigenvalue weighted by Crippen LogP contribution is 2.27. The summed E-state index contributed by atoms with van der Waals surface area (Å²) in [4.78, 5) is 21.0. The molecule has 0 N–H and O–H groups in total. The molecule has 0 bridgehead atoms. The first-order valence-electron chi connectivity index (χ1n) is 6.04. The Kier molecular flexibility index (Phi) is 4.31. The van der Waals surface area contributed by atoms with Crippen molar-refractivity contribution in [3.8, 4) is 0 Å². The van der Waals surface area contributed by atoms with Gasteiger partial charge in [-0.2, -0.15) is 0 Å². The molecule has 1 aromatic heterocycles. The topological polar surface area (TPSA) is 45.7 Å². The van der Waals surface area contributed by atoms with Gasteiger partial charge in [-0.25, -0.2) is 9.78 Å². The first-order chi connectivity index (χ1) is 8.61. The van der Waals surface area contributed by atoms with E-state index in [1.165, 1.54) is 24.9 Å². The Morgan fingerprint density at radius 2 is 2.28 bits per heavy atom. The van der Waals surface area contributed by atoms with E-state index in [0.717, 1.165) is 24.6 Å². The molecule has 6 heteroatoms. The average Bonchev–Trinajstić information content (AvgIpc) is 2.77. The van der Waals surface area contributed by atoms with Crippen LogP contribution in [0.1, 0.15) is 27.1 Å². The normalized spacial score (nSPS) is 22.7. The SMILES string of the molecule is COC(=O)c1cnc(C2CN(C)CCCN2C)s1. The van der Waals surface area contributed by atoms with Gasteiger partial charge in [-0.15, -0.1) is 11.3 Å². The summed E-state index contributed by atoms with van der Waals surface area (Å²) in [5, 5.41) is 0.992. The van der Waals surface area contributed by atoms with Crippen molar-refractivity contribution < 1.29 is 9.53 Å². The fraction of sp³-hybridized carbons (Fsp3) is 0.667. The van der Waals surface area contributed by atoms with Crippen LogP contribution in [0.3, 0.4) is 0 Å². The number of carbonyl (C=O) groups excluding carboxylic acids is 1. The predicted molar refractivity (Wildman–Crippen MR) is 70.9 cm³/mol. The Labute approximate surface area is 111 Å². The Morgan fingerprint density at radius 3 is 3.00 bits per heavy atom. The molecular weight excluding hydrogens is 250 g/mol. The van der Waals surface area contributed by atoms with Gasteiger partial charge in [-0.05, 0) is 33.6 Å². The molecule has 18 heavy (non-hydrogen) atoms. The third-order valence-corrected chi connectivity index (χ3v) is 4.34. The van der Waals surface area contributed by atoms with Gasteiger partial charge in [0, 0.05) is 6.54 Å². The number of ether oxygens (including phenoxy) is 1. The molecule has 100 valence electrons. The zero-order valence-electron chi connectivity index (χ0n) is 11.0. The van der Waals surface area contributed by atoms with Crippen molar-refractivity contribution in [2.75, 3.05) is 40.8 Å². The van der Waals surface area contributed by atoms with Crippen LogP contribution in [-0.4, -0.2) is 61.6 Å². The molecule has 1 aliphatic rings. The van der Waals surface area contributed by atoms with Gasteiger partial charge in [0.15, 0.2) is 0 Å². The lowest BCUT2D eigenvalue weighted by molar-refractivity contribution is 0.0606. The fourth-order valence-corrected chi connectivity index (χ4v) is 3.17. The molecular formula is C12H19N3O2S. The molecule has 1 saturated heterocycles. The lowest BCUT2D eigenvalue weighted by Crippen LogP contribution is -2.30. The first kappa shape index (κ1) is 13.5. The highest BCUT2D eigenvalue weighted by Gasteiger charge is 2.25. The van der Waals surface area contributed by atoms with Gasteiger partial charge in [0.05, 0.1) is 19.3 Å². The van der Waals surface area contributed by atoms with Crippen molar-refractivity contribution in [1.82, 2.24) is 14.8 Å². The van der Waals surface area contributed by atoms with Gasteiger partial charge in [0.1, 0.15) is 9.88 Å². The minimum absolute atomic E-state index is 0.265. The third kappa shape index (κ3) is 2.88. The first-order valence-corrected chi connectivity index (χ1v) is 6.86. The molecule has 0 aliphatic carbocycles. The van der Waals surface area contributed by atoms with Gasteiger partial charge in [0.2, 0.25) is 0 Å². The van der Waals surface area contributed by atoms with Crippen LogP contribution < -0.4 is 0 Å². The van der Waals surface area contributed by atoms with E-state index in [2.05, 4.69) is 28.9 Å². The molecule has 0 saturated carbocycles. The monoisotopic (exact) mass is 269 g/mol. The van der Waals surface area contributed by atoms with Gasteiger partial charge >= 0.3 is 5.97 Å². The number of hydrogen-bond acceptors (Lipinski definition) is 6. The van der Waals surface area contributed by atoms with Crippen LogP contribution >= 0.6 is 11.3 Å². The number of hydrogen-bond donors (Lipinski definition) is 0. The summed E-state index contributed by atoms with van der Waals surface area (Å²) in [6.07, 6.45) is 2.78. The summed E-state index contributed by atoms with van der Waals surface area (Å²) in [7, 11) is 5.64. The van der Waals surface area contributed by atoms with Crippen molar-refractivity contribution in [2.45, 2.75) is 12.5 Å². The van der Waals surface area contributed by atoms with Crippen LogP contribution in [0.5, 0.6) is 0 Å². The molecule has 1 atom stereocenters. The zero-order chi connectivity index (χ0) is 13.1. The Balaban J connectivity index is 2.18. The van der Waals surface area contributed by atoms with Crippen LogP contribution in [0, 0.1) is 0 Å². The maximum atomic E-state index is 11.4. The summed E-state index contributed by atoms with van der Waals surface area (Å²) in [6.45, 7) is 3.11. The van der Waals surface area contributed by atoms with Crippen molar-refractivity contribution in [1.29, 1.82) is 0 Å². The summed E-state index contributed by atoms with van der Waals surface area (Å²) < 4.78 is 4.72. The maximum Gasteiger partial charge on any atom is 0.349 e. The van der Waals surface area contributed by atoms with Gasteiger partial charge in [0.25, 0.3) is 0 Å². The second-order valence-electron chi connectivity index (χ2n) is 4.67. The number of carbonyl (C=O) groups is 1. The van der Waals surface area contributed by atoms with Gasteiger partial charge in [-0.3, -0.25) is 4.90 Å². The smallest absolute Gasteiger partial charge is 0.349 e. The second kappa shape index (κ2) is 5.77. The number of rotatable bonds is 2. The molecule has 0 aromatic carbocycles.